The fourth-order valence-electron chi connectivity index (χ4n) is 0.379. The summed E-state index contributed by atoms with van der Waals surface area (Å²) < 4.78 is 0. The van der Waals surface area contributed by atoms with E-state index >= 15 is 0 Å². The van der Waals surface area contributed by atoms with Gasteiger partial charge in [-0.15, -0.1) is 0 Å². The van der Waals surface area contributed by atoms with E-state index in [0.717, 1.165) is 18.2 Å². The van der Waals surface area contributed by atoms with Crippen LogP contribution in [0.3, 0.4) is 0 Å². The van der Waals surface area contributed by atoms with Crippen molar-refractivity contribution in [3.05, 3.63) is 0 Å². The molecule has 0 fully saturated rings. The fourth-order valence-corrected chi connectivity index (χ4v) is 1.68. The van der Waals surface area contributed by atoms with Crippen molar-refractivity contribution in [2.24, 2.45) is 0 Å². The van der Waals surface area contributed by atoms with Crippen molar-refractivity contribution in [1.29, 1.82) is 0 Å². The van der Waals surface area contributed by atoms with Gasteiger partial charge in [-0.2, -0.15) is 12.6 Å². The van der Waals surface area contributed by atoms with Crippen molar-refractivity contribution in [2.45, 2.75) is 19.0 Å². The Morgan fingerprint density at radius 3 is 2.43 bits per heavy atom. The van der Waals surface area contributed by atoms with Crippen molar-refractivity contribution in [3.63, 3.8) is 0 Å². The first-order valence-corrected chi connectivity index (χ1v) is 5.61. The van der Waals surface area contributed by atoms with E-state index in [1.165, 1.54) is 0 Å². The van der Waals surface area contributed by atoms with Crippen molar-refractivity contribution in [2.75, 3.05) is 5.75 Å². The van der Waals surface area contributed by atoms with Crippen LogP contribution in [0.1, 0.15) is 6.42 Å². The number of hydrogen-bond acceptors (Lipinski definition) is 1. The molecule has 0 aromatic heterocycles. The Hall–Kier alpha value is 0.527. The zero-order chi connectivity index (χ0) is 5.70. The van der Waals surface area contributed by atoms with Gasteiger partial charge in [0.2, 0.25) is 9.04 Å². The largest absolute Gasteiger partial charge is 0.302 e. The predicted octanol–water partition coefficient (Wildman–Crippen LogP) is 1.09. The van der Waals surface area contributed by atoms with E-state index in [1.54, 1.807) is 0 Å². The van der Waals surface area contributed by atoms with Gasteiger partial charge in [0.05, 0.1) is 0 Å². The highest BCUT2D eigenvalue weighted by Gasteiger charge is 1.96. The quantitative estimate of drug-likeness (QED) is 0.441. The Labute approximate surface area is 51.9 Å². The summed E-state index contributed by atoms with van der Waals surface area (Å²) in [5, 5.41) is 0. The maximum atomic E-state index is 10.4. The van der Waals surface area contributed by atoms with Gasteiger partial charge in [-0.3, -0.25) is 0 Å². The number of hydrogen-bond donors (Lipinski definition) is 1. The second-order valence-corrected chi connectivity index (χ2v) is 4.32. The maximum absolute atomic E-state index is 10.4. The summed E-state index contributed by atoms with van der Waals surface area (Å²) in [6.07, 6.45) is 1.01. The Morgan fingerprint density at radius 2 is 2.29 bits per heavy atom. The van der Waals surface area contributed by atoms with Crippen molar-refractivity contribution in [3.8, 4) is 0 Å². The molecule has 7 heavy (non-hydrogen) atoms. The van der Waals surface area contributed by atoms with Crippen LogP contribution in [0.25, 0.3) is 0 Å². The molecule has 0 aromatic rings. The third-order valence-electron chi connectivity index (χ3n) is 0.769. The summed E-state index contributed by atoms with van der Waals surface area (Å²) in [5.41, 5.74) is 0. The van der Waals surface area contributed by atoms with Crippen LogP contribution in [0.4, 0.5) is 0 Å². The first kappa shape index (κ1) is 7.53. The first-order chi connectivity index (χ1) is 3.27. The smallest absolute Gasteiger partial charge is 0.219 e. The molecule has 1 unspecified atom stereocenters. The van der Waals surface area contributed by atoms with Crippen LogP contribution in [0, 0.1) is 0 Å². The average molecular weight is 135 g/mol. The molecule has 1 radical (unpaired) electrons. The number of thiol groups is 1. The molecule has 0 rings (SSSR count). The minimum absolute atomic E-state index is 0.875. The highest BCUT2D eigenvalue weighted by molar-refractivity contribution is 7.80. The minimum Gasteiger partial charge on any atom is -0.302 e. The van der Waals surface area contributed by atoms with E-state index in [0.29, 0.717) is 0 Å². The van der Waals surface area contributed by atoms with Crippen LogP contribution in [0.5, 0.6) is 0 Å². The normalized spacial score (nSPS) is 14.1. The third-order valence-corrected chi connectivity index (χ3v) is 2.31. The highest BCUT2D eigenvalue weighted by Crippen LogP contribution is 1.95. The molecular weight excluding hydrogens is 124 g/mol. The van der Waals surface area contributed by atoms with Gasteiger partial charge in [0.15, 0.2) is 0 Å². The van der Waals surface area contributed by atoms with E-state index in [-0.39, 0.29) is 0 Å². The number of rotatable bonds is 3. The van der Waals surface area contributed by atoms with Crippen LogP contribution in [0.15, 0.2) is 0 Å². The lowest BCUT2D eigenvalue weighted by atomic mass is 10.6. The molecule has 0 heterocycles. The van der Waals surface area contributed by atoms with Gasteiger partial charge in [0.1, 0.15) is 0 Å². The molecule has 0 aromatic carbocycles. The Morgan fingerprint density at radius 1 is 1.71 bits per heavy atom. The van der Waals surface area contributed by atoms with Crippen molar-refractivity contribution >= 4 is 21.7 Å². The molecule has 0 saturated heterocycles. The average Bonchev–Trinajstić information content (AvgIpc) is 1.61. The molecule has 0 amide bonds. The standard InChI is InChI=1S/C4H11OSSi/c1-7(5)4-2-3-6/h6-7H,2-4H2,1H3. The molecular formula is C4H11OSSi. The summed E-state index contributed by atoms with van der Waals surface area (Å²) in [7, 11) is -1.49. The molecule has 1 atom stereocenters. The van der Waals surface area contributed by atoms with Crippen molar-refractivity contribution in [1.82, 2.24) is 0 Å². The Kier molecular flexibility index (Phi) is 5.03. The van der Waals surface area contributed by atoms with Crippen LogP contribution in [-0.4, -0.2) is 14.8 Å². The molecule has 3 heteroatoms. The minimum atomic E-state index is -1.49. The summed E-state index contributed by atoms with van der Waals surface area (Å²) in [4.78, 5) is 10.4. The molecule has 0 aliphatic rings. The molecule has 43 valence electrons. The molecule has 0 N–H and O–H groups in total. The fraction of sp³-hybridized carbons (Fsp3) is 1.00. The van der Waals surface area contributed by atoms with Gasteiger partial charge in [-0.05, 0) is 24.8 Å². The lowest BCUT2D eigenvalue weighted by molar-refractivity contribution is 0.451. The summed E-state index contributed by atoms with van der Waals surface area (Å²) >= 11 is 3.98. The van der Waals surface area contributed by atoms with Crippen LogP contribution < -0.4 is 0 Å². The summed E-state index contributed by atoms with van der Waals surface area (Å²) in [6, 6.07) is 0.906. The lowest BCUT2D eigenvalue weighted by Crippen LogP contribution is -2.01. The molecule has 0 aliphatic heterocycles. The highest BCUT2D eigenvalue weighted by atomic mass is 32.1. The Bertz CT molecular complexity index is 40.7. The zero-order valence-electron chi connectivity index (χ0n) is 4.55. The second-order valence-electron chi connectivity index (χ2n) is 1.68. The molecule has 1 nitrogen and oxygen atoms in total. The van der Waals surface area contributed by atoms with E-state index in [1.807, 2.05) is 6.55 Å². The van der Waals surface area contributed by atoms with Crippen LogP contribution in [0.2, 0.25) is 12.6 Å². The lowest BCUT2D eigenvalue weighted by Gasteiger charge is -1.92. The predicted molar refractivity (Wildman–Crippen MR) is 37.0 cm³/mol. The zero-order valence-corrected chi connectivity index (χ0v) is 6.60. The van der Waals surface area contributed by atoms with Gasteiger partial charge in [-0.1, -0.05) is 0 Å². The Balaban J connectivity index is 2.68. The van der Waals surface area contributed by atoms with Gasteiger partial charge < -0.3 is 4.80 Å². The van der Waals surface area contributed by atoms with Crippen LogP contribution in [-0.2, 0) is 4.80 Å². The summed E-state index contributed by atoms with van der Waals surface area (Å²) in [6.45, 7) is 1.82. The molecule has 0 aliphatic carbocycles. The van der Waals surface area contributed by atoms with Gasteiger partial charge in [0.25, 0.3) is 0 Å². The SMILES string of the molecule is C[SiH]([O])CCCS. The summed E-state index contributed by atoms with van der Waals surface area (Å²) in [5.74, 6) is 0.875. The van der Waals surface area contributed by atoms with E-state index in [9.17, 15) is 4.80 Å². The van der Waals surface area contributed by atoms with E-state index < -0.39 is 9.04 Å². The van der Waals surface area contributed by atoms with Gasteiger partial charge in [-0.25, -0.2) is 0 Å². The molecule has 0 bridgehead atoms. The van der Waals surface area contributed by atoms with E-state index in [4.69, 9.17) is 0 Å². The van der Waals surface area contributed by atoms with Gasteiger partial charge in [0, 0.05) is 0 Å². The van der Waals surface area contributed by atoms with Crippen molar-refractivity contribution < 1.29 is 4.80 Å². The molecule has 0 saturated carbocycles. The first-order valence-electron chi connectivity index (χ1n) is 2.54. The topological polar surface area (TPSA) is 19.9 Å². The molecule has 0 spiro atoms. The van der Waals surface area contributed by atoms with Gasteiger partial charge >= 0.3 is 0 Å². The monoisotopic (exact) mass is 135 g/mol. The van der Waals surface area contributed by atoms with Crippen LogP contribution >= 0.6 is 12.6 Å². The van der Waals surface area contributed by atoms with E-state index in [2.05, 4.69) is 12.6 Å². The second kappa shape index (κ2) is 4.68. The third kappa shape index (κ3) is 6.53. The maximum Gasteiger partial charge on any atom is 0.219 e.